The maximum atomic E-state index is 12.2. The number of thioether (sulfide) groups is 1. The van der Waals surface area contributed by atoms with Crippen molar-refractivity contribution < 1.29 is 9.59 Å². The minimum atomic E-state index is -0.140. The van der Waals surface area contributed by atoms with Gasteiger partial charge in [0.1, 0.15) is 0 Å². The van der Waals surface area contributed by atoms with Gasteiger partial charge in [-0.1, -0.05) is 52.3 Å². The minimum Gasteiger partial charge on any atom is -0.379 e. The normalized spacial score (nSPS) is 11.4. The van der Waals surface area contributed by atoms with Crippen LogP contribution < -0.4 is 16.0 Å². The number of rotatable bonds is 9. The molecule has 3 rings (SSSR count). The maximum absolute atomic E-state index is 12.2. The Hall–Kier alpha value is -2.77. The first-order valence-corrected chi connectivity index (χ1v) is 11.8. The number of carbonyl (C=O) groups is 2. The Morgan fingerprint density at radius 1 is 0.806 bits per heavy atom. The zero-order valence-corrected chi connectivity index (χ0v) is 19.5. The average Bonchev–Trinajstić information content (AvgIpc) is 2.75. The predicted molar refractivity (Wildman–Crippen MR) is 134 cm³/mol. The van der Waals surface area contributed by atoms with E-state index in [1.165, 1.54) is 17.3 Å². The van der Waals surface area contributed by atoms with Crippen molar-refractivity contribution >= 4 is 56.6 Å². The number of carbonyl (C=O) groups excluding carboxylic acids is 2. The van der Waals surface area contributed by atoms with Gasteiger partial charge in [0.15, 0.2) is 0 Å². The van der Waals surface area contributed by atoms with Gasteiger partial charge in [0.25, 0.3) is 0 Å². The predicted octanol–water partition coefficient (Wildman–Crippen LogP) is 5.93. The molecule has 1 atom stereocenters. The summed E-state index contributed by atoms with van der Waals surface area (Å²) in [6.45, 7) is 2.11. The smallest absolute Gasteiger partial charge is 0.234 e. The highest BCUT2D eigenvalue weighted by molar-refractivity contribution is 9.10. The summed E-state index contributed by atoms with van der Waals surface area (Å²) in [6.07, 6.45) is 0. The van der Waals surface area contributed by atoms with Crippen LogP contribution in [-0.4, -0.2) is 23.3 Å². The second kappa shape index (κ2) is 11.6. The zero-order chi connectivity index (χ0) is 22.1. The van der Waals surface area contributed by atoms with Crippen LogP contribution in [0.15, 0.2) is 83.3 Å². The summed E-state index contributed by atoms with van der Waals surface area (Å²) in [5.41, 5.74) is 3.63. The van der Waals surface area contributed by atoms with Crippen LogP contribution in [0.1, 0.15) is 18.5 Å². The molecular weight excluding hydrogens is 474 g/mol. The molecule has 0 spiro atoms. The van der Waals surface area contributed by atoms with Gasteiger partial charge in [0.2, 0.25) is 11.8 Å². The molecule has 31 heavy (non-hydrogen) atoms. The van der Waals surface area contributed by atoms with Crippen molar-refractivity contribution in [2.45, 2.75) is 13.0 Å². The standard InChI is InChI=1S/C24H24BrN3O2S/c1-17(18-6-3-2-4-7-18)26-20-10-12-21(13-11-20)27-23(29)15-31-16-24(30)28-22-9-5-8-19(25)14-22/h2-14,17,26H,15-16H2,1H3,(H,27,29)(H,28,30). The van der Waals surface area contributed by atoms with Crippen LogP contribution >= 0.6 is 27.7 Å². The van der Waals surface area contributed by atoms with Crippen molar-refractivity contribution in [3.05, 3.63) is 88.9 Å². The van der Waals surface area contributed by atoms with Gasteiger partial charge in [-0.25, -0.2) is 0 Å². The zero-order valence-electron chi connectivity index (χ0n) is 17.1. The van der Waals surface area contributed by atoms with Crippen LogP contribution in [-0.2, 0) is 9.59 Å². The molecule has 1 unspecified atom stereocenters. The third-order valence-electron chi connectivity index (χ3n) is 4.43. The Labute approximate surface area is 195 Å². The highest BCUT2D eigenvalue weighted by Gasteiger charge is 2.08. The number of anilines is 3. The molecule has 0 radical (unpaired) electrons. The maximum Gasteiger partial charge on any atom is 0.234 e. The Morgan fingerprint density at radius 3 is 2.06 bits per heavy atom. The van der Waals surface area contributed by atoms with E-state index < -0.39 is 0 Å². The summed E-state index contributed by atoms with van der Waals surface area (Å²) < 4.78 is 0.896. The molecule has 0 aliphatic rings. The average molecular weight is 498 g/mol. The quantitative estimate of drug-likeness (QED) is 0.342. The van der Waals surface area contributed by atoms with E-state index in [-0.39, 0.29) is 29.4 Å². The molecule has 2 amide bonds. The number of hydrogen-bond acceptors (Lipinski definition) is 4. The monoisotopic (exact) mass is 497 g/mol. The van der Waals surface area contributed by atoms with E-state index in [1.807, 2.05) is 66.7 Å². The van der Waals surface area contributed by atoms with E-state index in [2.05, 4.69) is 50.9 Å². The van der Waals surface area contributed by atoms with Crippen LogP contribution in [0.4, 0.5) is 17.1 Å². The molecule has 0 aliphatic heterocycles. The van der Waals surface area contributed by atoms with E-state index in [1.54, 1.807) is 0 Å². The van der Waals surface area contributed by atoms with E-state index in [0.29, 0.717) is 0 Å². The Balaban J connectivity index is 1.39. The van der Waals surface area contributed by atoms with Crippen LogP contribution in [0.2, 0.25) is 0 Å². The third kappa shape index (κ3) is 7.77. The second-order valence-electron chi connectivity index (χ2n) is 6.95. The molecule has 3 aromatic rings. The fourth-order valence-electron chi connectivity index (χ4n) is 2.92. The second-order valence-corrected chi connectivity index (χ2v) is 8.85. The Morgan fingerprint density at radius 2 is 1.42 bits per heavy atom. The SMILES string of the molecule is CC(Nc1ccc(NC(=O)CSCC(=O)Nc2cccc(Br)c2)cc1)c1ccccc1. The van der Waals surface area contributed by atoms with Crippen molar-refractivity contribution in [1.29, 1.82) is 0 Å². The van der Waals surface area contributed by atoms with E-state index >= 15 is 0 Å². The van der Waals surface area contributed by atoms with Gasteiger partial charge >= 0.3 is 0 Å². The number of benzene rings is 3. The molecule has 0 bridgehead atoms. The summed E-state index contributed by atoms with van der Waals surface area (Å²) in [5, 5.41) is 9.12. The van der Waals surface area contributed by atoms with Crippen molar-refractivity contribution in [2.75, 3.05) is 27.5 Å². The topological polar surface area (TPSA) is 70.2 Å². The van der Waals surface area contributed by atoms with Crippen molar-refractivity contribution in [1.82, 2.24) is 0 Å². The summed E-state index contributed by atoms with van der Waals surface area (Å²) >= 11 is 4.64. The molecule has 7 heteroatoms. The number of hydrogen-bond donors (Lipinski definition) is 3. The molecule has 0 saturated carbocycles. The first-order chi connectivity index (χ1) is 15.0. The van der Waals surface area contributed by atoms with E-state index in [9.17, 15) is 9.59 Å². The van der Waals surface area contributed by atoms with Crippen LogP contribution in [0.3, 0.4) is 0 Å². The molecule has 5 nitrogen and oxygen atoms in total. The highest BCUT2D eigenvalue weighted by Crippen LogP contribution is 2.21. The van der Waals surface area contributed by atoms with Crippen LogP contribution in [0, 0.1) is 0 Å². The van der Waals surface area contributed by atoms with Crippen molar-refractivity contribution in [3.63, 3.8) is 0 Å². The molecule has 0 aliphatic carbocycles. The van der Waals surface area contributed by atoms with E-state index in [0.717, 1.165) is 21.5 Å². The van der Waals surface area contributed by atoms with Crippen LogP contribution in [0.25, 0.3) is 0 Å². The third-order valence-corrected chi connectivity index (χ3v) is 5.85. The van der Waals surface area contributed by atoms with Gasteiger partial charge in [-0.3, -0.25) is 9.59 Å². The lowest BCUT2D eigenvalue weighted by atomic mass is 10.1. The molecular formula is C24H24BrN3O2S. The molecule has 3 N–H and O–H groups in total. The lowest BCUT2D eigenvalue weighted by Crippen LogP contribution is -2.18. The van der Waals surface area contributed by atoms with Gasteiger partial charge in [-0.05, 0) is 55.0 Å². The highest BCUT2D eigenvalue weighted by atomic mass is 79.9. The fourth-order valence-corrected chi connectivity index (χ4v) is 3.94. The van der Waals surface area contributed by atoms with E-state index in [4.69, 9.17) is 0 Å². The van der Waals surface area contributed by atoms with Crippen LogP contribution in [0.5, 0.6) is 0 Å². The lowest BCUT2D eigenvalue weighted by Gasteiger charge is -2.16. The molecule has 0 fully saturated rings. The Bertz CT molecular complexity index is 1010. The molecule has 0 heterocycles. The molecule has 0 saturated heterocycles. The number of amides is 2. The summed E-state index contributed by atoms with van der Waals surface area (Å²) in [5.74, 6) is 0.134. The van der Waals surface area contributed by atoms with Gasteiger partial charge in [0, 0.05) is 27.6 Å². The van der Waals surface area contributed by atoms with Crippen molar-refractivity contribution in [3.8, 4) is 0 Å². The first kappa shape index (κ1) is 22.9. The molecule has 160 valence electrons. The van der Waals surface area contributed by atoms with Crippen molar-refractivity contribution in [2.24, 2.45) is 0 Å². The van der Waals surface area contributed by atoms with Gasteiger partial charge in [-0.15, -0.1) is 11.8 Å². The Kier molecular flexibility index (Phi) is 8.55. The largest absolute Gasteiger partial charge is 0.379 e. The van der Waals surface area contributed by atoms with Gasteiger partial charge in [-0.2, -0.15) is 0 Å². The minimum absolute atomic E-state index is 0.140. The lowest BCUT2D eigenvalue weighted by molar-refractivity contribution is -0.114. The number of nitrogens with one attached hydrogen (secondary N) is 3. The summed E-state index contributed by atoms with van der Waals surface area (Å²) in [7, 11) is 0. The molecule has 0 aromatic heterocycles. The molecule has 3 aromatic carbocycles. The fraction of sp³-hybridized carbons (Fsp3) is 0.167. The summed E-state index contributed by atoms with van der Waals surface area (Å²) in [4.78, 5) is 24.2. The summed E-state index contributed by atoms with van der Waals surface area (Å²) in [6, 6.07) is 25.4. The van der Waals surface area contributed by atoms with Gasteiger partial charge < -0.3 is 16.0 Å². The van der Waals surface area contributed by atoms with Gasteiger partial charge in [0.05, 0.1) is 11.5 Å². The first-order valence-electron chi connectivity index (χ1n) is 9.84. The number of halogens is 1.